The third-order valence-corrected chi connectivity index (χ3v) is 4.72. The minimum absolute atomic E-state index is 0.366. The standard InChI is InChI=1S/C12H25NO2S/c1-3-4-5-8-16(14)10-12(13-2)11-6-7-15-9-11/h11-13H,3-10H2,1-2H3. The van der Waals surface area contributed by atoms with E-state index in [9.17, 15) is 4.21 Å². The first-order valence-corrected chi connectivity index (χ1v) is 7.86. The largest absolute Gasteiger partial charge is 0.381 e. The zero-order chi connectivity index (χ0) is 11.8. The van der Waals surface area contributed by atoms with E-state index in [1.54, 1.807) is 0 Å². The summed E-state index contributed by atoms with van der Waals surface area (Å²) in [6.45, 7) is 3.87. The lowest BCUT2D eigenvalue weighted by Crippen LogP contribution is -2.39. The molecule has 1 aliphatic rings. The summed E-state index contributed by atoms with van der Waals surface area (Å²) in [6.07, 6.45) is 4.60. The van der Waals surface area contributed by atoms with E-state index in [0.29, 0.717) is 12.0 Å². The molecule has 16 heavy (non-hydrogen) atoms. The first kappa shape index (κ1) is 14.1. The molecule has 0 bridgehead atoms. The fraction of sp³-hybridized carbons (Fsp3) is 1.00. The normalized spacial score (nSPS) is 24.5. The lowest BCUT2D eigenvalue weighted by atomic mass is 10.0. The average Bonchev–Trinajstić information content (AvgIpc) is 2.79. The number of ether oxygens (including phenoxy) is 1. The Bertz CT molecular complexity index is 205. The molecule has 0 aromatic carbocycles. The lowest BCUT2D eigenvalue weighted by Gasteiger charge is -2.21. The molecule has 96 valence electrons. The van der Waals surface area contributed by atoms with Crippen molar-refractivity contribution in [1.82, 2.24) is 5.32 Å². The Morgan fingerprint density at radius 2 is 2.31 bits per heavy atom. The first-order valence-electron chi connectivity index (χ1n) is 6.38. The molecule has 1 N–H and O–H groups in total. The molecule has 3 atom stereocenters. The van der Waals surface area contributed by atoms with Crippen LogP contribution in [0.4, 0.5) is 0 Å². The van der Waals surface area contributed by atoms with E-state index in [2.05, 4.69) is 12.2 Å². The highest BCUT2D eigenvalue weighted by Crippen LogP contribution is 2.17. The molecular formula is C12H25NO2S. The molecule has 0 aromatic rings. The van der Waals surface area contributed by atoms with Gasteiger partial charge in [-0.1, -0.05) is 19.8 Å². The van der Waals surface area contributed by atoms with Crippen molar-refractivity contribution in [3.05, 3.63) is 0 Å². The van der Waals surface area contributed by atoms with Crippen LogP contribution in [0.3, 0.4) is 0 Å². The van der Waals surface area contributed by atoms with Crippen LogP contribution in [0, 0.1) is 5.92 Å². The van der Waals surface area contributed by atoms with Gasteiger partial charge in [0.15, 0.2) is 0 Å². The third kappa shape index (κ3) is 4.93. The Labute approximate surface area is 102 Å². The molecule has 1 heterocycles. The average molecular weight is 247 g/mol. The summed E-state index contributed by atoms with van der Waals surface area (Å²) in [5, 5.41) is 3.29. The smallest absolute Gasteiger partial charge is 0.0510 e. The number of hydrogen-bond donors (Lipinski definition) is 1. The van der Waals surface area contributed by atoms with Crippen LogP contribution in [-0.4, -0.2) is 42.0 Å². The second kappa shape index (κ2) is 8.20. The van der Waals surface area contributed by atoms with Gasteiger partial charge in [0.05, 0.1) is 6.61 Å². The van der Waals surface area contributed by atoms with Gasteiger partial charge in [-0.05, 0) is 19.9 Å². The van der Waals surface area contributed by atoms with Crippen LogP contribution >= 0.6 is 0 Å². The van der Waals surface area contributed by atoms with Crippen LogP contribution in [0.5, 0.6) is 0 Å². The van der Waals surface area contributed by atoms with Gasteiger partial charge in [-0.25, -0.2) is 0 Å². The zero-order valence-corrected chi connectivity index (χ0v) is 11.4. The van der Waals surface area contributed by atoms with Gasteiger partial charge in [0.2, 0.25) is 0 Å². The quantitative estimate of drug-likeness (QED) is 0.661. The van der Waals surface area contributed by atoms with E-state index in [1.165, 1.54) is 12.8 Å². The van der Waals surface area contributed by atoms with Crippen LogP contribution in [0.15, 0.2) is 0 Å². The Morgan fingerprint density at radius 1 is 1.50 bits per heavy atom. The van der Waals surface area contributed by atoms with Crippen molar-refractivity contribution in [3.8, 4) is 0 Å². The molecule has 0 radical (unpaired) electrons. The molecule has 0 saturated carbocycles. The van der Waals surface area contributed by atoms with Crippen LogP contribution in [0.25, 0.3) is 0 Å². The van der Waals surface area contributed by atoms with E-state index >= 15 is 0 Å². The summed E-state index contributed by atoms with van der Waals surface area (Å²) in [5.74, 6) is 2.20. The Balaban J connectivity index is 2.23. The second-order valence-corrected chi connectivity index (χ2v) is 6.16. The van der Waals surface area contributed by atoms with Crippen molar-refractivity contribution in [2.75, 3.05) is 31.8 Å². The van der Waals surface area contributed by atoms with E-state index in [-0.39, 0.29) is 0 Å². The Morgan fingerprint density at radius 3 is 2.88 bits per heavy atom. The predicted molar refractivity (Wildman–Crippen MR) is 69.2 cm³/mol. The predicted octanol–water partition coefficient (Wildman–Crippen LogP) is 1.55. The molecule has 0 spiro atoms. The molecule has 3 nitrogen and oxygen atoms in total. The van der Waals surface area contributed by atoms with Crippen LogP contribution in [0.2, 0.25) is 0 Å². The fourth-order valence-electron chi connectivity index (χ4n) is 2.12. The summed E-state index contributed by atoms with van der Waals surface area (Å²) >= 11 is 0. The minimum Gasteiger partial charge on any atom is -0.381 e. The van der Waals surface area contributed by atoms with Gasteiger partial charge in [0.1, 0.15) is 0 Å². The fourth-order valence-corrected chi connectivity index (χ4v) is 3.65. The monoisotopic (exact) mass is 247 g/mol. The Hall–Kier alpha value is 0.0700. The van der Waals surface area contributed by atoms with Crippen molar-refractivity contribution >= 4 is 10.8 Å². The van der Waals surface area contributed by atoms with Crippen molar-refractivity contribution < 1.29 is 8.95 Å². The van der Waals surface area contributed by atoms with Crippen LogP contribution in [-0.2, 0) is 15.5 Å². The number of nitrogens with one attached hydrogen (secondary N) is 1. The van der Waals surface area contributed by atoms with Gasteiger partial charge >= 0.3 is 0 Å². The highest BCUT2D eigenvalue weighted by atomic mass is 32.2. The molecule has 1 saturated heterocycles. The second-order valence-electron chi connectivity index (χ2n) is 4.54. The molecule has 1 rings (SSSR count). The Kier molecular flexibility index (Phi) is 7.25. The van der Waals surface area contributed by atoms with Crippen LogP contribution in [0.1, 0.15) is 32.6 Å². The number of rotatable bonds is 8. The topological polar surface area (TPSA) is 38.3 Å². The third-order valence-electron chi connectivity index (χ3n) is 3.25. The van der Waals surface area contributed by atoms with Gasteiger partial charge in [-0.2, -0.15) is 0 Å². The highest BCUT2D eigenvalue weighted by molar-refractivity contribution is 7.85. The summed E-state index contributed by atoms with van der Waals surface area (Å²) in [6, 6.07) is 0.366. The molecule has 1 fully saturated rings. The van der Waals surface area contributed by atoms with Gasteiger partial charge in [-0.3, -0.25) is 4.21 Å². The van der Waals surface area contributed by atoms with Gasteiger partial charge in [0, 0.05) is 40.9 Å². The van der Waals surface area contributed by atoms with Crippen molar-refractivity contribution in [2.24, 2.45) is 5.92 Å². The SMILES string of the molecule is CCCCCS(=O)CC(NC)C1CCOC1. The van der Waals surface area contributed by atoms with Crippen molar-refractivity contribution in [2.45, 2.75) is 38.6 Å². The molecule has 0 amide bonds. The molecular weight excluding hydrogens is 222 g/mol. The van der Waals surface area contributed by atoms with Crippen molar-refractivity contribution in [1.29, 1.82) is 0 Å². The van der Waals surface area contributed by atoms with Crippen molar-refractivity contribution in [3.63, 3.8) is 0 Å². The maximum atomic E-state index is 11.9. The number of hydrogen-bond acceptors (Lipinski definition) is 3. The summed E-state index contributed by atoms with van der Waals surface area (Å²) in [5.41, 5.74) is 0. The lowest BCUT2D eigenvalue weighted by molar-refractivity contribution is 0.179. The maximum Gasteiger partial charge on any atom is 0.0510 e. The van der Waals surface area contributed by atoms with Gasteiger partial charge in [0.25, 0.3) is 0 Å². The van der Waals surface area contributed by atoms with E-state index in [1.807, 2.05) is 7.05 Å². The summed E-state index contributed by atoms with van der Waals surface area (Å²) in [7, 11) is 1.30. The maximum absolute atomic E-state index is 11.9. The van der Waals surface area contributed by atoms with E-state index in [4.69, 9.17) is 4.74 Å². The van der Waals surface area contributed by atoms with Gasteiger partial charge < -0.3 is 10.1 Å². The first-order chi connectivity index (χ1) is 7.77. The molecule has 4 heteroatoms. The minimum atomic E-state index is -0.666. The molecule has 1 aliphatic heterocycles. The molecule has 0 aliphatic carbocycles. The summed E-state index contributed by atoms with van der Waals surface area (Å²) < 4.78 is 17.3. The van der Waals surface area contributed by atoms with E-state index < -0.39 is 10.8 Å². The van der Waals surface area contributed by atoms with Gasteiger partial charge in [-0.15, -0.1) is 0 Å². The highest BCUT2D eigenvalue weighted by Gasteiger charge is 2.25. The number of unbranched alkanes of at least 4 members (excludes halogenated alkanes) is 2. The molecule has 0 aromatic heterocycles. The summed E-state index contributed by atoms with van der Waals surface area (Å²) in [4.78, 5) is 0. The zero-order valence-electron chi connectivity index (χ0n) is 10.5. The molecule has 3 unspecified atom stereocenters. The van der Waals surface area contributed by atoms with Crippen LogP contribution < -0.4 is 5.32 Å². The van der Waals surface area contributed by atoms with E-state index in [0.717, 1.165) is 37.6 Å².